The summed E-state index contributed by atoms with van der Waals surface area (Å²) >= 11 is 3.43. The number of alkyl halides is 1. The molecule has 2 unspecified atom stereocenters. The molecule has 0 radical (unpaired) electrons. The van der Waals surface area contributed by atoms with E-state index in [2.05, 4.69) is 15.9 Å². The van der Waals surface area contributed by atoms with Crippen molar-refractivity contribution in [3.05, 3.63) is 42.0 Å². The first-order valence-corrected chi connectivity index (χ1v) is 6.15. The van der Waals surface area contributed by atoms with Crippen LogP contribution in [0.15, 0.2) is 36.4 Å². The van der Waals surface area contributed by atoms with Crippen molar-refractivity contribution in [2.45, 2.75) is 10.9 Å². The summed E-state index contributed by atoms with van der Waals surface area (Å²) in [4.78, 5) is -0.0363. The van der Waals surface area contributed by atoms with Gasteiger partial charge in [0, 0.05) is 5.56 Å². The molecule has 1 aliphatic rings. The third-order valence-corrected chi connectivity index (χ3v) is 3.73. The average Bonchev–Trinajstić information content (AvgIpc) is 2.33. The van der Waals surface area contributed by atoms with E-state index >= 15 is 0 Å². The number of aliphatic hydroxyl groups is 1. The molecule has 1 aliphatic heterocycles. The van der Waals surface area contributed by atoms with Crippen LogP contribution < -0.4 is 4.74 Å². The molecule has 2 atom stereocenters. The van der Waals surface area contributed by atoms with Crippen molar-refractivity contribution in [2.24, 2.45) is 0 Å². The number of aliphatic hydroxyl groups excluding tert-OH is 1. The topological polar surface area (TPSA) is 29.5 Å². The van der Waals surface area contributed by atoms with Gasteiger partial charge in [-0.05, 0) is 16.8 Å². The fourth-order valence-electron chi connectivity index (χ4n) is 2.15. The molecule has 1 N–H and O–H groups in total. The van der Waals surface area contributed by atoms with Crippen molar-refractivity contribution in [2.75, 3.05) is 6.61 Å². The Morgan fingerprint density at radius 2 is 2.00 bits per heavy atom. The molecule has 0 saturated carbocycles. The first kappa shape index (κ1) is 10.1. The van der Waals surface area contributed by atoms with Gasteiger partial charge in [-0.3, -0.25) is 0 Å². The van der Waals surface area contributed by atoms with Crippen LogP contribution in [0.2, 0.25) is 0 Å². The number of benzene rings is 2. The van der Waals surface area contributed by atoms with Crippen molar-refractivity contribution in [3.8, 4) is 5.75 Å². The lowest BCUT2D eigenvalue weighted by molar-refractivity contribution is 0.127. The maximum absolute atomic E-state index is 10.2. The molecule has 0 spiro atoms. The summed E-state index contributed by atoms with van der Waals surface area (Å²) in [6, 6.07) is 12.0. The van der Waals surface area contributed by atoms with E-state index in [1.807, 2.05) is 36.4 Å². The minimum atomic E-state index is -0.505. The van der Waals surface area contributed by atoms with Crippen LogP contribution in [0.25, 0.3) is 10.8 Å². The van der Waals surface area contributed by atoms with Crippen LogP contribution in [0.3, 0.4) is 0 Å². The van der Waals surface area contributed by atoms with Crippen molar-refractivity contribution in [1.29, 1.82) is 0 Å². The molecule has 2 aromatic rings. The second kappa shape index (κ2) is 3.75. The predicted molar refractivity (Wildman–Crippen MR) is 67.1 cm³/mol. The molecule has 0 aromatic heterocycles. The van der Waals surface area contributed by atoms with Crippen LogP contribution in [-0.2, 0) is 0 Å². The smallest absolute Gasteiger partial charge is 0.125 e. The van der Waals surface area contributed by atoms with Crippen molar-refractivity contribution in [1.82, 2.24) is 0 Å². The van der Waals surface area contributed by atoms with Gasteiger partial charge in [-0.25, -0.2) is 0 Å². The van der Waals surface area contributed by atoms with E-state index < -0.39 is 6.10 Å². The van der Waals surface area contributed by atoms with Crippen molar-refractivity contribution < 1.29 is 9.84 Å². The Kier molecular flexibility index (Phi) is 2.37. The van der Waals surface area contributed by atoms with Crippen LogP contribution in [-0.4, -0.2) is 16.5 Å². The van der Waals surface area contributed by atoms with Crippen LogP contribution in [0.4, 0.5) is 0 Å². The van der Waals surface area contributed by atoms with Crippen LogP contribution in [0.5, 0.6) is 5.75 Å². The zero-order valence-corrected chi connectivity index (χ0v) is 10.1. The summed E-state index contributed by atoms with van der Waals surface area (Å²) in [7, 11) is 0. The van der Waals surface area contributed by atoms with Gasteiger partial charge in [0.15, 0.2) is 0 Å². The third kappa shape index (κ3) is 1.43. The maximum atomic E-state index is 10.2. The molecule has 2 nitrogen and oxygen atoms in total. The molecule has 0 bridgehead atoms. The Bertz CT molecular complexity index is 538. The van der Waals surface area contributed by atoms with Gasteiger partial charge < -0.3 is 9.84 Å². The molecule has 3 rings (SSSR count). The Hall–Kier alpha value is -1.06. The molecule has 82 valence electrons. The summed E-state index contributed by atoms with van der Waals surface area (Å²) in [5.41, 5.74) is 0.895. The third-order valence-electron chi connectivity index (χ3n) is 2.97. The van der Waals surface area contributed by atoms with Crippen molar-refractivity contribution in [3.63, 3.8) is 0 Å². The maximum Gasteiger partial charge on any atom is 0.125 e. The average molecular weight is 279 g/mol. The molecule has 2 aromatic carbocycles. The predicted octanol–water partition coefficient (Wildman–Crippen LogP) is 3.03. The van der Waals surface area contributed by atoms with Gasteiger partial charge in [-0.2, -0.15) is 0 Å². The lowest BCUT2D eigenvalue weighted by Gasteiger charge is -2.27. The van der Waals surface area contributed by atoms with E-state index in [0.29, 0.717) is 6.61 Å². The van der Waals surface area contributed by atoms with Gasteiger partial charge in [0.1, 0.15) is 12.4 Å². The Balaban J connectivity index is 2.32. The van der Waals surface area contributed by atoms with E-state index in [-0.39, 0.29) is 4.83 Å². The van der Waals surface area contributed by atoms with Gasteiger partial charge in [-0.15, -0.1) is 0 Å². The summed E-state index contributed by atoms with van der Waals surface area (Å²) < 4.78 is 5.61. The second-order valence-electron chi connectivity index (χ2n) is 3.97. The number of rotatable bonds is 0. The van der Waals surface area contributed by atoms with Crippen molar-refractivity contribution >= 4 is 26.7 Å². The molecule has 0 fully saturated rings. The summed E-state index contributed by atoms with van der Waals surface area (Å²) in [5.74, 6) is 0.793. The summed E-state index contributed by atoms with van der Waals surface area (Å²) in [6.07, 6.45) is -0.505. The quantitative estimate of drug-likeness (QED) is 0.751. The van der Waals surface area contributed by atoms with Crippen LogP contribution in [0, 0.1) is 0 Å². The summed E-state index contributed by atoms with van der Waals surface area (Å²) in [6.45, 7) is 0.506. The summed E-state index contributed by atoms with van der Waals surface area (Å²) in [5, 5.41) is 12.4. The number of hydrogen-bond donors (Lipinski definition) is 1. The molecule has 0 aliphatic carbocycles. The van der Waals surface area contributed by atoms with Gasteiger partial charge in [0.25, 0.3) is 0 Å². The molecule has 0 amide bonds. The number of hydrogen-bond acceptors (Lipinski definition) is 2. The van der Waals surface area contributed by atoms with Gasteiger partial charge in [0.2, 0.25) is 0 Å². The van der Waals surface area contributed by atoms with E-state index in [1.54, 1.807) is 0 Å². The lowest BCUT2D eigenvalue weighted by atomic mass is 9.96. The highest BCUT2D eigenvalue weighted by molar-refractivity contribution is 9.09. The monoisotopic (exact) mass is 278 g/mol. The van der Waals surface area contributed by atoms with E-state index in [1.165, 1.54) is 0 Å². The number of ether oxygens (including phenoxy) is 1. The van der Waals surface area contributed by atoms with E-state index in [4.69, 9.17) is 4.74 Å². The van der Waals surface area contributed by atoms with E-state index in [9.17, 15) is 5.11 Å². The highest BCUT2D eigenvalue weighted by Gasteiger charge is 2.28. The Morgan fingerprint density at radius 3 is 2.88 bits per heavy atom. The zero-order chi connectivity index (χ0) is 11.1. The lowest BCUT2D eigenvalue weighted by Crippen LogP contribution is -2.26. The highest BCUT2D eigenvalue weighted by atomic mass is 79.9. The first-order valence-electron chi connectivity index (χ1n) is 5.24. The molecule has 1 heterocycles. The number of halogens is 1. The molecule has 16 heavy (non-hydrogen) atoms. The minimum Gasteiger partial charge on any atom is -0.492 e. The number of fused-ring (bicyclic) bond motifs is 3. The van der Waals surface area contributed by atoms with Crippen LogP contribution >= 0.6 is 15.9 Å². The fourth-order valence-corrected chi connectivity index (χ4v) is 2.54. The highest BCUT2D eigenvalue weighted by Crippen LogP contribution is 2.39. The van der Waals surface area contributed by atoms with Gasteiger partial charge in [0.05, 0.1) is 10.9 Å². The Morgan fingerprint density at radius 1 is 1.19 bits per heavy atom. The molecule has 3 heteroatoms. The van der Waals surface area contributed by atoms with Gasteiger partial charge >= 0.3 is 0 Å². The molecular weight excluding hydrogens is 268 g/mol. The van der Waals surface area contributed by atoms with Crippen LogP contribution in [0.1, 0.15) is 11.7 Å². The van der Waals surface area contributed by atoms with Gasteiger partial charge in [-0.1, -0.05) is 46.3 Å². The standard InChI is InChI=1S/C13H11BrO2/c14-10-7-16-11-6-5-8-3-1-2-4-9(8)12(11)13(10)15/h1-6,10,13,15H,7H2. The largest absolute Gasteiger partial charge is 0.492 e. The second-order valence-corrected chi connectivity index (χ2v) is 5.15. The molecular formula is C13H11BrO2. The first-order chi connectivity index (χ1) is 7.77. The normalized spacial score (nSPS) is 23.9. The minimum absolute atomic E-state index is 0.0363. The SMILES string of the molecule is OC1c2c(ccc3ccccc23)OCC1Br. The Labute approximate surface area is 102 Å². The van der Waals surface area contributed by atoms with E-state index in [0.717, 1.165) is 22.1 Å². The molecule has 0 saturated heterocycles. The fraction of sp³-hybridized carbons (Fsp3) is 0.231. The zero-order valence-electron chi connectivity index (χ0n) is 8.56.